The van der Waals surface area contributed by atoms with Gasteiger partial charge in [0.1, 0.15) is 5.78 Å². The molecule has 0 aromatic heterocycles. The number of Topliss-reactive ketones (excluding diaryl/α,β-unsaturated/α-hetero) is 1. The van der Waals surface area contributed by atoms with Crippen LogP contribution in [-0.2, 0) is 4.79 Å². The zero-order valence-corrected chi connectivity index (χ0v) is 7.68. The summed E-state index contributed by atoms with van der Waals surface area (Å²) in [5.74, 6) is 0.650. The Morgan fingerprint density at radius 1 is 1.75 bits per heavy atom. The van der Waals surface area contributed by atoms with Crippen LogP contribution in [0.1, 0.15) is 26.2 Å². The molecule has 1 heterocycles. The van der Waals surface area contributed by atoms with Crippen molar-refractivity contribution in [1.29, 1.82) is 0 Å². The Bertz CT molecular complexity index is 177. The third-order valence-electron chi connectivity index (χ3n) is 2.53. The lowest BCUT2D eigenvalue weighted by atomic mass is 9.94. The van der Waals surface area contributed by atoms with Crippen LogP contribution in [-0.4, -0.2) is 18.4 Å². The van der Waals surface area contributed by atoms with Crippen molar-refractivity contribution in [3.63, 3.8) is 0 Å². The minimum atomic E-state index is 0.255. The Balaban J connectivity index is 2.35. The lowest BCUT2D eigenvalue weighted by molar-refractivity contribution is -0.122. The SMILES string of the molecule is C=CCCC(=O)C1CCNC1C. The van der Waals surface area contributed by atoms with Crippen molar-refractivity contribution in [1.82, 2.24) is 5.32 Å². The fourth-order valence-electron chi connectivity index (χ4n) is 1.73. The Labute approximate surface area is 74.0 Å². The molecule has 2 atom stereocenters. The number of nitrogens with one attached hydrogen (secondary N) is 1. The van der Waals surface area contributed by atoms with Gasteiger partial charge in [0.2, 0.25) is 0 Å². The van der Waals surface area contributed by atoms with Gasteiger partial charge in [-0.15, -0.1) is 6.58 Å². The molecule has 2 nitrogen and oxygen atoms in total. The molecule has 2 heteroatoms. The summed E-state index contributed by atoms with van der Waals surface area (Å²) >= 11 is 0. The first-order chi connectivity index (χ1) is 5.75. The van der Waals surface area contributed by atoms with Gasteiger partial charge in [0.05, 0.1) is 0 Å². The molecule has 1 aliphatic heterocycles. The summed E-state index contributed by atoms with van der Waals surface area (Å²) in [5.41, 5.74) is 0. The molecule has 12 heavy (non-hydrogen) atoms. The molecule has 2 unspecified atom stereocenters. The number of carbonyl (C=O) groups is 1. The molecule has 0 bridgehead atoms. The maximum atomic E-state index is 11.5. The van der Waals surface area contributed by atoms with E-state index in [4.69, 9.17) is 0 Å². The third kappa shape index (κ3) is 2.18. The zero-order chi connectivity index (χ0) is 8.97. The molecule has 0 saturated carbocycles. The Hall–Kier alpha value is -0.630. The smallest absolute Gasteiger partial charge is 0.137 e. The van der Waals surface area contributed by atoms with Gasteiger partial charge >= 0.3 is 0 Å². The van der Waals surface area contributed by atoms with E-state index in [1.165, 1.54) is 0 Å². The van der Waals surface area contributed by atoms with E-state index >= 15 is 0 Å². The topological polar surface area (TPSA) is 29.1 Å². The molecular weight excluding hydrogens is 150 g/mol. The minimum absolute atomic E-state index is 0.255. The van der Waals surface area contributed by atoms with Crippen LogP contribution in [0.5, 0.6) is 0 Å². The van der Waals surface area contributed by atoms with E-state index in [9.17, 15) is 4.79 Å². The second kappa shape index (κ2) is 4.41. The zero-order valence-electron chi connectivity index (χ0n) is 7.68. The van der Waals surface area contributed by atoms with Crippen molar-refractivity contribution in [3.05, 3.63) is 12.7 Å². The van der Waals surface area contributed by atoms with E-state index in [1.54, 1.807) is 0 Å². The average molecular weight is 167 g/mol. The Morgan fingerprint density at radius 2 is 2.50 bits per heavy atom. The quantitative estimate of drug-likeness (QED) is 0.643. The van der Waals surface area contributed by atoms with Gasteiger partial charge in [0, 0.05) is 18.4 Å². The standard InChI is InChI=1S/C10H17NO/c1-3-4-5-10(12)9-6-7-11-8(9)2/h3,8-9,11H,1,4-7H2,2H3. The van der Waals surface area contributed by atoms with E-state index in [-0.39, 0.29) is 5.92 Å². The molecule has 1 aliphatic rings. The normalized spacial score (nSPS) is 28.8. The second-order valence-corrected chi connectivity index (χ2v) is 3.43. The minimum Gasteiger partial charge on any atom is -0.314 e. The number of hydrogen-bond acceptors (Lipinski definition) is 2. The molecule has 1 N–H and O–H groups in total. The van der Waals surface area contributed by atoms with Crippen molar-refractivity contribution in [2.24, 2.45) is 5.92 Å². The number of allylic oxidation sites excluding steroid dienone is 1. The summed E-state index contributed by atoms with van der Waals surface area (Å²) in [4.78, 5) is 11.5. The van der Waals surface area contributed by atoms with E-state index in [2.05, 4.69) is 18.8 Å². The maximum Gasteiger partial charge on any atom is 0.137 e. The summed E-state index contributed by atoms with van der Waals surface area (Å²) in [7, 11) is 0. The van der Waals surface area contributed by atoms with Crippen LogP contribution < -0.4 is 5.32 Å². The molecule has 1 fully saturated rings. The molecule has 1 rings (SSSR count). The first-order valence-electron chi connectivity index (χ1n) is 4.62. The van der Waals surface area contributed by atoms with Crippen LogP contribution >= 0.6 is 0 Å². The fourth-order valence-corrected chi connectivity index (χ4v) is 1.73. The monoisotopic (exact) mass is 167 g/mol. The molecule has 0 radical (unpaired) electrons. The molecule has 0 amide bonds. The predicted molar refractivity (Wildman–Crippen MR) is 50.0 cm³/mol. The van der Waals surface area contributed by atoms with Gasteiger partial charge in [-0.1, -0.05) is 6.08 Å². The van der Waals surface area contributed by atoms with Crippen LogP contribution in [0.25, 0.3) is 0 Å². The largest absolute Gasteiger partial charge is 0.314 e. The summed E-state index contributed by atoms with van der Waals surface area (Å²) in [6.07, 6.45) is 4.31. The highest BCUT2D eigenvalue weighted by molar-refractivity contribution is 5.82. The molecule has 0 aromatic carbocycles. The van der Waals surface area contributed by atoms with Crippen molar-refractivity contribution in [3.8, 4) is 0 Å². The lowest BCUT2D eigenvalue weighted by Crippen LogP contribution is -2.27. The predicted octanol–water partition coefficient (Wildman–Crippen LogP) is 1.52. The third-order valence-corrected chi connectivity index (χ3v) is 2.53. The highest BCUT2D eigenvalue weighted by Crippen LogP contribution is 2.18. The van der Waals surface area contributed by atoms with E-state index in [1.807, 2.05) is 6.08 Å². The fraction of sp³-hybridized carbons (Fsp3) is 0.700. The molecule has 0 aromatic rings. The van der Waals surface area contributed by atoms with Gasteiger partial charge in [-0.25, -0.2) is 0 Å². The van der Waals surface area contributed by atoms with Gasteiger partial charge in [-0.2, -0.15) is 0 Å². The van der Waals surface area contributed by atoms with E-state index in [0.717, 1.165) is 19.4 Å². The van der Waals surface area contributed by atoms with Crippen molar-refractivity contribution in [2.45, 2.75) is 32.2 Å². The molecule has 68 valence electrons. The molecule has 1 saturated heterocycles. The Morgan fingerprint density at radius 3 is 3.00 bits per heavy atom. The van der Waals surface area contributed by atoms with Crippen LogP contribution in [0.2, 0.25) is 0 Å². The molecule has 0 spiro atoms. The van der Waals surface area contributed by atoms with Gasteiger partial charge in [-0.3, -0.25) is 4.79 Å². The summed E-state index contributed by atoms with van der Waals surface area (Å²) in [6.45, 7) is 6.69. The summed E-state index contributed by atoms with van der Waals surface area (Å²) in [5, 5.41) is 3.28. The molecular formula is C10H17NO. The number of hydrogen-bond donors (Lipinski definition) is 1. The lowest BCUT2D eigenvalue weighted by Gasteiger charge is -2.12. The Kier molecular flexibility index (Phi) is 3.48. The average Bonchev–Trinajstić information content (AvgIpc) is 2.47. The van der Waals surface area contributed by atoms with Crippen molar-refractivity contribution >= 4 is 5.78 Å². The van der Waals surface area contributed by atoms with Crippen LogP contribution in [0, 0.1) is 5.92 Å². The summed E-state index contributed by atoms with van der Waals surface area (Å²) < 4.78 is 0. The van der Waals surface area contributed by atoms with Gasteiger partial charge in [0.15, 0.2) is 0 Å². The first kappa shape index (κ1) is 9.46. The van der Waals surface area contributed by atoms with Crippen molar-refractivity contribution in [2.75, 3.05) is 6.54 Å². The first-order valence-corrected chi connectivity index (χ1v) is 4.62. The second-order valence-electron chi connectivity index (χ2n) is 3.43. The van der Waals surface area contributed by atoms with Crippen LogP contribution in [0.3, 0.4) is 0 Å². The van der Waals surface area contributed by atoms with Crippen molar-refractivity contribution < 1.29 is 4.79 Å². The number of rotatable bonds is 4. The highest BCUT2D eigenvalue weighted by Gasteiger charge is 2.28. The van der Waals surface area contributed by atoms with E-state index in [0.29, 0.717) is 18.2 Å². The summed E-state index contributed by atoms with van der Waals surface area (Å²) in [6, 6.07) is 0.377. The maximum absolute atomic E-state index is 11.5. The van der Waals surface area contributed by atoms with Gasteiger partial charge < -0.3 is 5.32 Å². The van der Waals surface area contributed by atoms with Gasteiger partial charge in [0.25, 0.3) is 0 Å². The number of ketones is 1. The van der Waals surface area contributed by atoms with Crippen LogP contribution in [0.4, 0.5) is 0 Å². The highest BCUT2D eigenvalue weighted by atomic mass is 16.1. The van der Waals surface area contributed by atoms with Crippen LogP contribution in [0.15, 0.2) is 12.7 Å². The van der Waals surface area contributed by atoms with E-state index < -0.39 is 0 Å². The number of carbonyl (C=O) groups excluding carboxylic acids is 1. The molecule has 0 aliphatic carbocycles. The van der Waals surface area contributed by atoms with Gasteiger partial charge in [-0.05, 0) is 26.3 Å².